The molecule has 0 amide bonds. The Balaban J connectivity index is 3.09. The Morgan fingerprint density at radius 1 is 1.50 bits per heavy atom. The normalized spacial score (nSPS) is 36.1. The summed E-state index contributed by atoms with van der Waals surface area (Å²) in [6.07, 6.45) is 0. The molecule has 3 nitrogen and oxygen atoms in total. The summed E-state index contributed by atoms with van der Waals surface area (Å²) in [7, 11) is -3.03. The highest BCUT2D eigenvalue weighted by molar-refractivity contribution is 7.93. The summed E-state index contributed by atoms with van der Waals surface area (Å²) in [5.74, 6) is 0. The second-order valence-corrected chi connectivity index (χ2v) is 6.04. The molecule has 1 saturated heterocycles. The average molecular weight is 164 g/mol. The number of sulfone groups is 1. The van der Waals surface area contributed by atoms with E-state index in [4.69, 9.17) is 4.74 Å². The van der Waals surface area contributed by atoms with Gasteiger partial charge >= 0.3 is 0 Å². The van der Waals surface area contributed by atoms with Crippen LogP contribution in [-0.4, -0.2) is 25.2 Å². The van der Waals surface area contributed by atoms with Crippen molar-refractivity contribution in [1.82, 2.24) is 0 Å². The van der Waals surface area contributed by atoms with Gasteiger partial charge in [0.1, 0.15) is 0 Å². The van der Waals surface area contributed by atoms with E-state index in [1.54, 1.807) is 20.8 Å². The first kappa shape index (κ1) is 8.01. The van der Waals surface area contributed by atoms with Crippen LogP contribution in [0, 0.1) is 0 Å². The zero-order valence-corrected chi connectivity index (χ0v) is 7.23. The molecule has 0 aromatic rings. The molecule has 0 saturated carbocycles. The molecule has 1 aliphatic rings. The van der Waals surface area contributed by atoms with Gasteiger partial charge in [0.05, 0.1) is 11.4 Å². The van der Waals surface area contributed by atoms with Crippen LogP contribution < -0.4 is 0 Å². The van der Waals surface area contributed by atoms with E-state index in [0.29, 0.717) is 6.61 Å². The Morgan fingerprint density at radius 3 is 2.10 bits per heavy atom. The molecule has 0 aromatic carbocycles. The SMILES string of the molecule is CC1OCC(C)(C)S1(=O)=O. The molecule has 1 fully saturated rings. The van der Waals surface area contributed by atoms with Crippen LogP contribution in [0.15, 0.2) is 0 Å². The molecule has 0 bridgehead atoms. The minimum absolute atomic E-state index is 0.316. The van der Waals surface area contributed by atoms with E-state index >= 15 is 0 Å². The summed E-state index contributed by atoms with van der Waals surface area (Å²) in [6.45, 7) is 5.26. The van der Waals surface area contributed by atoms with Crippen molar-refractivity contribution in [3.63, 3.8) is 0 Å². The van der Waals surface area contributed by atoms with Crippen LogP contribution in [0.5, 0.6) is 0 Å². The van der Waals surface area contributed by atoms with Crippen LogP contribution in [0.25, 0.3) is 0 Å². The zero-order valence-electron chi connectivity index (χ0n) is 6.42. The van der Waals surface area contributed by atoms with Crippen molar-refractivity contribution in [2.24, 2.45) is 0 Å². The smallest absolute Gasteiger partial charge is 0.184 e. The van der Waals surface area contributed by atoms with E-state index in [9.17, 15) is 8.42 Å². The fourth-order valence-corrected chi connectivity index (χ4v) is 2.32. The first-order chi connectivity index (χ1) is 4.38. The van der Waals surface area contributed by atoms with Crippen LogP contribution >= 0.6 is 0 Å². The standard InChI is InChI=1S/C6H12O3S/c1-5-9-4-6(2,3)10(5,7)8/h5H,4H2,1-3H3. The Bertz CT molecular complexity index is 227. The molecule has 0 spiro atoms. The van der Waals surface area contributed by atoms with Crippen LogP contribution in [0.4, 0.5) is 0 Å². The summed E-state index contributed by atoms with van der Waals surface area (Å²) in [5.41, 5.74) is -0.623. The first-order valence-corrected chi connectivity index (χ1v) is 4.77. The van der Waals surface area contributed by atoms with E-state index in [1.165, 1.54) is 0 Å². The number of rotatable bonds is 0. The topological polar surface area (TPSA) is 43.4 Å². The van der Waals surface area contributed by atoms with Crippen LogP contribution in [0.1, 0.15) is 20.8 Å². The highest BCUT2D eigenvalue weighted by Crippen LogP contribution is 2.29. The maximum atomic E-state index is 11.3. The molecule has 10 heavy (non-hydrogen) atoms. The van der Waals surface area contributed by atoms with Gasteiger partial charge in [-0.05, 0) is 20.8 Å². The van der Waals surface area contributed by atoms with Crippen molar-refractivity contribution in [1.29, 1.82) is 0 Å². The highest BCUT2D eigenvalue weighted by Gasteiger charge is 2.45. The second-order valence-electron chi connectivity index (χ2n) is 3.18. The molecular formula is C6H12O3S. The molecule has 1 heterocycles. The van der Waals surface area contributed by atoms with Gasteiger partial charge in [-0.1, -0.05) is 0 Å². The van der Waals surface area contributed by atoms with E-state index in [1.807, 2.05) is 0 Å². The van der Waals surface area contributed by atoms with Crippen molar-refractivity contribution in [3.8, 4) is 0 Å². The molecule has 0 radical (unpaired) electrons. The maximum Gasteiger partial charge on any atom is 0.184 e. The lowest BCUT2D eigenvalue weighted by atomic mass is 10.2. The average Bonchev–Trinajstić information content (AvgIpc) is 1.94. The number of hydrogen-bond acceptors (Lipinski definition) is 3. The predicted molar refractivity (Wildman–Crippen MR) is 38.4 cm³/mol. The van der Waals surface area contributed by atoms with Gasteiger partial charge in [-0.3, -0.25) is 0 Å². The molecule has 4 heteroatoms. The van der Waals surface area contributed by atoms with E-state index < -0.39 is 20.0 Å². The largest absolute Gasteiger partial charge is 0.361 e. The van der Waals surface area contributed by atoms with Crippen molar-refractivity contribution in [2.45, 2.75) is 31.0 Å². The van der Waals surface area contributed by atoms with Crippen molar-refractivity contribution < 1.29 is 13.2 Å². The number of ether oxygens (including phenoxy) is 1. The quantitative estimate of drug-likeness (QED) is 0.525. The molecule has 1 unspecified atom stereocenters. The third-order valence-electron chi connectivity index (χ3n) is 1.87. The summed E-state index contributed by atoms with van der Waals surface area (Å²) < 4.78 is 26.9. The van der Waals surface area contributed by atoms with Gasteiger partial charge in [0.25, 0.3) is 0 Å². The van der Waals surface area contributed by atoms with Gasteiger partial charge in [0.2, 0.25) is 0 Å². The lowest BCUT2D eigenvalue weighted by Gasteiger charge is -2.13. The Morgan fingerprint density at radius 2 is 2.00 bits per heavy atom. The van der Waals surface area contributed by atoms with Gasteiger partial charge in [0.15, 0.2) is 15.3 Å². The summed E-state index contributed by atoms with van der Waals surface area (Å²) in [4.78, 5) is 0. The molecule has 0 aliphatic carbocycles. The van der Waals surface area contributed by atoms with Gasteiger partial charge in [0, 0.05) is 0 Å². The third kappa shape index (κ3) is 0.864. The minimum Gasteiger partial charge on any atom is -0.361 e. The summed E-state index contributed by atoms with van der Waals surface area (Å²) in [6, 6.07) is 0. The fraction of sp³-hybridized carbons (Fsp3) is 1.00. The Hall–Kier alpha value is -0.0900. The van der Waals surface area contributed by atoms with Gasteiger partial charge in [-0.15, -0.1) is 0 Å². The molecule has 1 rings (SSSR count). The van der Waals surface area contributed by atoms with E-state index in [0.717, 1.165) is 0 Å². The number of hydrogen-bond donors (Lipinski definition) is 0. The maximum absolute atomic E-state index is 11.3. The summed E-state index contributed by atoms with van der Waals surface area (Å²) >= 11 is 0. The van der Waals surface area contributed by atoms with Crippen molar-refractivity contribution in [2.75, 3.05) is 6.61 Å². The van der Waals surface area contributed by atoms with Crippen LogP contribution in [0.3, 0.4) is 0 Å². The van der Waals surface area contributed by atoms with E-state index in [-0.39, 0.29) is 0 Å². The molecule has 1 atom stereocenters. The van der Waals surface area contributed by atoms with Gasteiger partial charge in [-0.25, -0.2) is 8.42 Å². The van der Waals surface area contributed by atoms with Crippen LogP contribution in [0.2, 0.25) is 0 Å². The lowest BCUT2D eigenvalue weighted by molar-refractivity contribution is 0.132. The van der Waals surface area contributed by atoms with Gasteiger partial charge in [-0.2, -0.15) is 0 Å². The molecule has 0 aromatic heterocycles. The minimum atomic E-state index is -3.03. The zero-order chi connectivity index (χ0) is 7.99. The fourth-order valence-electron chi connectivity index (χ4n) is 0.939. The molecule has 60 valence electrons. The van der Waals surface area contributed by atoms with E-state index in [2.05, 4.69) is 0 Å². The molecule has 1 aliphatic heterocycles. The Kier molecular flexibility index (Phi) is 1.56. The molecule has 0 N–H and O–H groups in total. The van der Waals surface area contributed by atoms with Crippen LogP contribution in [-0.2, 0) is 14.6 Å². The second kappa shape index (κ2) is 1.95. The predicted octanol–water partition coefficient (Wildman–Crippen LogP) is 0.556. The highest BCUT2D eigenvalue weighted by atomic mass is 32.2. The Labute approximate surface area is 61.3 Å². The van der Waals surface area contributed by atoms with Crippen molar-refractivity contribution >= 4 is 9.84 Å². The lowest BCUT2D eigenvalue weighted by Crippen LogP contribution is -2.31. The summed E-state index contributed by atoms with van der Waals surface area (Å²) in [5, 5.41) is 0. The molecular weight excluding hydrogens is 152 g/mol. The third-order valence-corrected chi connectivity index (χ3v) is 4.54. The first-order valence-electron chi connectivity index (χ1n) is 3.23. The van der Waals surface area contributed by atoms with Crippen molar-refractivity contribution in [3.05, 3.63) is 0 Å². The van der Waals surface area contributed by atoms with Gasteiger partial charge < -0.3 is 4.74 Å². The monoisotopic (exact) mass is 164 g/mol.